The van der Waals surface area contributed by atoms with E-state index in [2.05, 4.69) is 6.92 Å². The summed E-state index contributed by atoms with van der Waals surface area (Å²) in [5.74, 6) is -3.08. The second kappa shape index (κ2) is 8.09. The Labute approximate surface area is 135 Å². The molecule has 0 unspecified atom stereocenters. The van der Waals surface area contributed by atoms with Crippen LogP contribution in [0.25, 0.3) is 0 Å². The number of hydrogen-bond donors (Lipinski definition) is 0. The summed E-state index contributed by atoms with van der Waals surface area (Å²) in [7, 11) is 0. The van der Waals surface area contributed by atoms with Crippen molar-refractivity contribution in [1.82, 2.24) is 0 Å². The Bertz CT molecular complexity index is 576. The highest BCUT2D eigenvalue weighted by atomic mass is 19.2. The maximum absolute atomic E-state index is 14.0. The zero-order valence-corrected chi connectivity index (χ0v) is 13.5. The number of esters is 1. The van der Waals surface area contributed by atoms with Crippen molar-refractivity contribution in [2.45, 2.75) is 46.0 Å². The summed E-state index contributed by atoms with van der Waals surface area (Å²) in [5, 5.41) is 0. The van der Waals surface area contributed by atoms with Gasteiger partial charge in [0.05, 0.1) is 12.2 Å². The highest BCUT2D eigenvalue weighted by molar-refractivity contribution is 5.75. The van der Waals surface area contributed by atoms with Gasteiger partial charge in [0, 0.05) is 0 Å². The molecule has 0 heterocycles. The average Bonchev–Trinajstić information content (AvgIpc) is 2.58. The Balaban J connectivity index is 2.02. The summed E-state index contributed by atoms with van der Waals surface area (Å²) in [6.07, 6.45) is 7.34. The minimum absolute atomic E-state index is 0.237. The highest BCUT2D eigenvalue weighted by Crippen LogP contribution is 2.33. The smallest absolute Gasteiger partial charge is 0.314 e. The second-order valence-corrected chi connectivity index (χ2v) is 5.82. The Hall–Kier alpha value is -1.91. The summed E-state index contributed by atoms with van der Waals surface area (Å²) in [6, 6.07) is 2.46. The molecule has 0 aromatic heterocycles. The number of rotatable bonds is 5. The monoisotopic (exact) mass is 324 g/mol. The van der Waals surface area contributed by atoms with Gasteiger partial charge in [0.1, 0.15) is 0 Å². The number of ether oxygens (including phenoxy) is 2. The molecule has 0 atom stereocenters. The van der Waals surface area contributed by atoms with Crippen molar-refractivity contribution in [3.8, 4) is 11.5 Å². The van der Waals surface area contributed by atoms with E-state index in [4.69, 9.17) is 9.47 Å². The molecule has 0 amide bonds. The molecule has 1 aromatic carbocycles. The number of hydrogen-bond acceptors (Lipinski definition) is 3. The fourth-order valence-electron chi connectivity index (χ4n) is 2.82. The first kappa shape index (κ1) is 17.4. The van der Waals surface area contributed by atoms with E-state index in [0.717, 1.165) is 32.1 Å². The molecular formula is C18H22F2O3. The Morgan fingerprint density at radius 2 is 1.78 bits per heavy atom. The second-order valence-electron chi connectivity index (χ2n) is 5.82. The van der Waals surface area contributed by atoms with E-state index in [1.54, 1.807) is 13.0 Å². The van der Waals surface area contributed by atoms with Gasteiger partial charge in [-0.25, -0.2) is 0 Å². The fraction of sp³-hybridized carbons (Fsp3) is 0.500. The first-order valence-corrected chi connectivity index (χ1v) is 8.04. The standard InChI is InChI=1S/C18H22F2O3/c1-3-11-22-14-9-10-15(17(20)16(14)19)23-18(21)13-7-5-12(4-2)6-8-13/h3,9-13H,4-8H2,1-2H3. The summed E-state index contributed by atoms with van der Waals surface area (Å²) < 4.78 is 37.8. The van der Waals surface area contributed by atoms with E-state index >= 15 is 0 Å². The van der Waals surface area contributed by atoms with E-state index < -0.39 is 23.4 Å². The van der Waals surface area contributed by atoms with Crippen LogP contribution >= 0.6 is 0 Å². The van der Waals surface area contributed by atoms with Crippen LogP contribution in [0.1, 0.15) is 46.0 Å². The van der Waals surface area contributed by atoms with Crippen molar-refractivity contribution in [2.24, 2.45) is 11.8 Å². The molecule has 1 aliphatic rings. The molecule has 1 fully saturated rings. The van der Waals surface area contributed by atoms with Crippen LogP contribution in [-0.4, -0.2) is 5.97 Å². The van der Waals surface area contributed by atoms with Gasteiger partial charge in [-0.05, 0) is 50.7 Å². The fourth-order valence-corrected chi connectivity index (χ4v) is 2.82. The van der Waals surface area contributed by atoms with Crippen LogP contribution in [0.2, 0.25) is 0 Å². The molecule has 0 saturated heterocycles. The predicted molar refractivity (Wildman–Crippen MR) is 83.2 cm³/mol. The summed E-state index contributed by atoms with van der Waals surface area (Å²) in [5.41, 5.74) is 0. The van der Waals surface area contributed by atoms with Gasteiger partial charge in [0.25, 0.3) is 0 Å². The Morgan fingerprint density at radius 1 is 1.17 bits per heavy atom. The molecule has 1 saturated carbocycles. The van der Waals surface area contributed by atoms with Crippen LogP contribution in [0.5, 0.6) is 11.5 Å². The molecule has 1 aliphatic carbocycles. The Kier molecular flexibility index (Phi) is 6.13. The quantitative estimate of drug-likeness (QED) is 0.434. The number of carbonyl (C=O) groups excluding carboxylic acids is 1. The van der Waals surface area contributed by atoms with Gasteiger partial charge in [0.15, 0.2) is 11.5 Å². The van der Waals surface area contributed by atoms with Crippen molar-refractivity contribution in [3.05, 3.63) is 36.1 Å². The van der Waals surface area contributed by atoms with Gasteiger partial charge in [-0.1, -0.05) is 19.4 Å². The minimum Gasteiger partial charge on any atom is -0.462 e. The third-order valence-electron chi connectivity index (χ3n) is 4.31. The lowest BCUT2D eigenvalue weighted by molar-refractivity contribution is -0.140. The van der Waals surface area contributed by atoms with Gasteiger partial charge < -0.3 is 9.47 Å². The lowest BCUT2D eigenvalue weighted by Gasteiger charge is -2.26. The molecule has 0 bridgehead atoms. The average molecular weight is 324 g/mol. The molecule has 2 rings (SSSR count). The summed E-state index contributed by atoms with van der Waals surface area (Å²) in [6.45, 7) is 3.83. The van der Waals surface area contributed by atoms with E-state index in [-0.39, 0.29) is 11.7 Å². The highest BCUT2D eigenvalue weighted by Gasteiger charge is 2.28. The molecule has 126 valence electrons. The topological polar surface area (TPSA) is 35.5 Å². The van der Waals surface area contributed by atoms with Crippen LogP contribution in [0.4, 0.5) is 8.78 Å². The first-order chi connectivity index (χ1) is 11.1. The molecule has 0 radical (unpaired) electrons. The van der Waals surface area contributed by atoms with Crippen LogP contribution in [0, 0.1) is 23.5 Å². The van der Waals surface area contributed by atoms with Gasteiger partial charge in [-0.2, -0.15) is 8.78 Å². The predicted octanol–water partition coefficient (Wildman–Crippen LogP) is 5.00. The normalized spacial score (nSPS) is 21.4. The zero-order valence-electron chi connectivity index (χ0n) is 13.5. The minimum atomic E-state index is -1.21. The van der Waals surface area contributed by atoms with Crippen LogP contribution in [0.3, 0.4) is 0 Å². The molecule has 3 nitrogen and oxygen atoms in total. The van der Waals surface area contributed by atoms with Crippen LogP contribution in [-0.2, 0) is 4.79 Å². The Morgan fingerprint density at radius 3 is 2.39 bits per heavy atom. The van der Waals surface area contributed by atoms with Gasteiger partial charge in [0.2, 0.25) is 11.6 Å². The van der Waals surface area contributed by atoms with Crippen molar-refractivity contribution in [1.29, 1.82) is 0 Å². The van der Waals surface area contributed by atoms with Gasteiger partial charge in [-0.3, -0.25) is 4.79 Å². The van der Waals surface area contributed by atoms with Crippen molar-refractivity contribution >= 4 is 5.97 Å². The maximum atomic E-state index is 14.0. The van der Waals surface area contributed by atoms with Crippen molar-refractivity contribution < 1.29 is 23.0 Å². The van der Waals surface area contributed by atoms with E-state index in [9.17, 15) is 13.6 Å². The number of benzene rings is 1. The molecule has 0 N–H and O–H groups in total. The lowest BCUT2D eigenvalue weighted by Crippen LogP contribution is -2.25. The largest absolute Gasteiger partial charge is 0.462 e. The third-order valence-corrected chi connectivity index (χ3v) is 4.31. The van der Waals surface area contributed by atoms with Gasteiger partial charge in [-0.15, -0.1) is 0 Å². The zero-order chi connectivity index (χ0) is 16.8. The molecule has 0 aliphatic heterocycles. The third kappa shape index (κ3) is 4.30. The summed E-state index contributed by atoms with van der Waals surface area (Å²) >= 11 is 0. The van der Waals surface area contributed by atoms with E-state index in [0.29, 0.717) is 5.92 Å². The van der Waals surface area contributed by atoms with Crippen molar-refractivity contribution in [2.75, 3.05) is 0 Å². The van der Waals surface area contributed by atoms with E-state index in [1.165, 1.54) is 18.4 Å². The maximum Gasteiger partial charge on any atom is 0.314 e. The number of halogens is 2. The SMILES string of the molecule is CC=COc1ccc(OC(=O)C2CCC(CC)CC2)c(F)c1F. The molecule has 1 aromatic rings. The summed E-state index contributed by atoms with van der Waals surface area (Å²) in [4.78, 5) is 12.1. The van der Waals surface area contributed by atoms with Gasteiger partial charge >= 0.3 is 5.97 Å². The molecular weight excluding hydrogens is 302 g/mol. The number of carbonyl (C=O) groups is 1. The molecule has 5 heteroatoms. The van der Waals surface area contributed by atoms with Crippen LogP contribution in [0.15, 0.2) is 24.5 Å². The molecule has 23 heavy (non-hydrogen) atoms. The number of allylic oxidation sites excluding steroid dienone is 1. The lowest BCUT2D eigenvalue weighted by atomic mass is 9.81. The van der Waals surface area contributed by atoms with Crippen molar-refractivity contribution in [3.63, 3.8) is 0 Å². The first-order valence-electron chi connectivity index (χ1n) is 8.04. The van der Waals surface area contributed by atoms with Crippen LogP contribution < -0.4 is 9.47 Å². The van der Waals surface area contributed by atoms with E-state index in [1.807, 2.05) is 0 Å². The molecule has 0 spiro atoms.